The molecule has 0 radical (unpaired) electrons. The predicted octanol–water partition coefficient (Wildman–Crippen LogP) is 4.23. The fourth-order valence-electron chi connectivity index (χ4n) is 2.82. The molecular weight excluding hydrogens is 441 g/mol. The van der Waals surface area contributed by atoms with Crippen LogP contribution in [0.4, 0.5) is 0 Å². The second kappa shape index (κ2) is 8.29. The first-order valence-corrected chi connectivity index (χ1v) is 10.2. The van der Waals surface area contributed by atoms with E-state index in [9.17, 15) is 14.7 Å². The van der Waals surface area contributed by atoms with Crippen LogP contribution in [0.3, 0.4) is 0 Å². The normalized spacial score (nSPS) is 17.0. The Balaban J connectivity index is 1.91. The molecule has 0 saturated carbocycles. The molecule has 1 aromatic carbocycles. The highest BCUT2D eigenvalue weighted by Crippen LogP contribution is 2.38. The van der Waals surface area contributed by atoms with Gasteiger partial charge in [-0.1, -0.05) is 67.1 Å². The molecule has 28 heavy (non-hydrogen) atoms. The fraction of sp³-hybridized carbons (Fsp3) is 0.211. The minimum Gasteiger partial charge on any atom is -0.548 e. The lowest BCUT2D eigenvalue weighted by atomic mass is 10.0. The van der Waals surface area contributed by atoms with Gasteiger partial charge in [-0.2, -0.15) is 0 Å². The summed E-state index contributed by atoms with van der Waals surface area (Å²) in [7, 11) is 0. The number of benzene rings is 1. The fourth-order valence-corrected chi connectivity index (χ4v) is 4.72. The highest BCUT2D eigenvalue weighted by atomic mass is 35.5. The van der Waals surface area contributed by atoms with Crippen molar-refractivity contribution in [2.75, 3.05) is 0 Å². The van der Waals surface area contributed by atoms with Crippen LogP contribution in [0.25, 0.3) is 17.4 Å². The quantitative estimate of drug-likeness (QED) is 0.496. The first-order valence-electron chi connectivity index (χ1n) is 8.23. The van der Waals surface area contributed by atoms with Crippen molar-refractivity contribution in [3.8, 4) is 11.3 Å². The zero-order chi connectivity index (χ0) is 20.6. The number of hydrogen-bond acceptors (Lipinski definition) is 6. The maximum atomic E-state index is 12.7. The molecule has 2 aromatic rings. The van der Waals surface area contributed by atoms with Crippen LogP contribution < -0.4 is 5.11 Å². The van der Waals surface area contributed by atoms with E-state index in [1.54, 1.807) is 44.2 Å². The summed E-state index contributed by atoms with van der Waals surface area (Å²) in [6, 6.07) is 7.35. The van der Waals surface area contributed by atoms with Gasteiger partial charge in [0, 0.05) is 6.08 Å². The molecule has 1 saturated heterocycles. The zero-order valence-electron chi connectivity index (χ0n) is 14.8. The molecule has 0 aliphatic carbocycles. The molecular formula is C19H14Cl2NO4S2-. The van der Waals surface area contributed by atoms with Crippen LogP contribution in [-0.2, 0) is 9.59 Å². The number of amides is 1. The minimum absolute atomic E-state index is 0.167. The topological polar surface area (TPSA) is 73.6 Å². The SMILES string of the molecule is CC(C)[C@H](C(=O)[O-])N1C(=O)/C(=C/c2ccc(-c3c(Cl)cccc3Cl)o2)SC1=S. The molecule has 0 spiro atoms. The van der Waals surface area contributed by atoms with Gasteiger partial charge in [0.05, 0.1) is 32.5 Å². The van der Waals surface area contributed by atoms with E-state index in [2.05, 4.69) is 0 Å². The van der Waals surface area contributed by atoms with Crippen LogP contribution in [0.5, 0.6) is 0 Å². The highest BCUT2D eigenvalue weighted by Gasteiger charge is 2.39. The van der Waals surface area contributed by atoms with Crippen LogP contribution in [0.15, 0.2) is 39.7 Å². The Hall–Kier alpha value is -1.80. The summed E-state index contributed by atoms with van der Waals surface area (Å²) >= 11 is 18.6. The Morgan fingerprint density at radius 3 is 2.46 bits per heavy atom. The van der Waals surface area contributed by atoms with Crippen LogP contribution in [-0.4, -0.2) is 27.1 Å². The van der Waals surface area contributed by atoms with Crippen molar-refractivity contribution in [3.63, 3.8) is 0 Å². The number of rotatable bonds is 5. The van der Waals surface area contributed by atoms with Crippen LogP contribution >= 0.6 is 47.2 Å². The maximum Gasteiger partial charge on any atom is 0.266 e. The van der Waals surface area contributed by atoms with Crippen molar-refractivity contribution in [2.24, 2.45) is 5.92 Å². The average Bonchev–Trinajstić information content (AvgIpc) is 3.15. The summed E-state index contributed by atoms with van der Waals surface area (Å²) in [5, 5.41) is 12.3. The lowest BCUT2D eigenvalue weighted by Crippen LogP contribution is -2.52. The number of carbonyl (C=O) groups is 2. The van der Waals surface area contributed by atoms with Gasteiger partial charge in [0.1, 0.15) is 15.8 Å². The molecule has 1 atom stereocenters. The lowest BCUT2D eigenvalue weighted by molar-refractivity contribution is -0.311. The van der Waals surface area contributed by atoms with Gasteiger partial charge in [-0.3, -0.25) is 9.69 Å². The molecule has 1 aliphatic heterocycles. The first kappa shape index (κ1) is 20.9. The first-order chi connectivity index (χ1) is 13.2. The third kappa shape index (κ3) is 3.98. The van der Waals surface area contributed by atoms with Crippen molar-refractivity contribution >= 4 is 69.5 Å². The van der Waals surface area contributed by atoms with E-state index < -0.39 is 17.9 Å². The van der Waals surface area contributed by atoms with E-state index in [0.29, 0.717) is 27.1 Å². The Morgan fingerprint density at radius 2 is 1.89 bits per heavy atom. The summed E-state index contributed by atoms with van der Waals surface area (Å²) in [4.78, 5) is 25.6. The molecule has 5 nitrogen and oxygen atoms in total. The van der Waals surface area contributed by atoms with Gasteiger partial charge in [-0.05, 0) is 30.2 Å². The number of thiocarbonyl (C=S) groups is 1. The summed E-state index contributed by atoms with van der Waals surface area (Å²) < 4.78 is 5.93. The second-order valence-electron chi connectivity index (χ2n) is 6.36. The number of aliphatic carboxylic acids is 1. The zero-order valence-corrected chi connectivity index (χ0v) is 17.9. The second-order valence-corrected chi connectivity index (χ2v) is 8.85. The molecule has 1 fully saturated rings. The maximum absolute atomic E-state index is 12.7. The molecule has 1 aromatic heterocycles. The number of halogens is 2. The Labute approximate surface area is 181 Å². The van der Waals surface area contributed by atoms with Crippen LogP contribution in [0.2, 0.25) is 10.0 Å². The summed E-state index contributed by atoms with van der Waals surface area (Å²) in [5.41, 5.74) is 0.551. The van der Waals surface area contributed by atoms with E-state index >= 15 is 0 Å². The van der Waals surface area contributed by atoms with Crippen LogP contribution in [0.1, 0.15) is 19.6 Å². The lowest BCUT2D eigenvalue weighted by Gasteiger charge is -2.30. The molecule has 1 amide bonds. The number of hydrogen-bond donors (Lipinski definition) is 0. The smallest absolute Gasteiger partial charge is 0.266 e. The average molecular weight is 455 g/mol. The van der Waals surface area contributed by atoms with Crippen molar-refractivity contribution in [3.05, 3.63) is 51.0 Å². The Bertz CT molecular complexity index is 979. The minimum atomic E-state index is -1.35. The molecule has 2 heterocycles. The predicted molar refractivity (Wildman–Crippen MR) is 113 cm³/mol. The van der Waals surface area contributed by atoms with Crippen molar-refractivity contribution in [1.82, 2.24) is 4.90 Å². The molecule has 0 bridgehead atoms. The molecule has 146 valence electrons. The molecule has 0 unspecified atom stereocenters. The van der Waals surface area contributed by atoms with Crippen molar-refractivity contribution in [1.29, 1.82) is 0 Å². The van der Waals surface area contributed by atoms with Gasteiger partial charge in [-0.15, -0.1) is 0 Å². The number of carbonyl (C=O) groups excluding carboxylic acids is 2. The van der Waals surface area contributed by atoms with Gasteiger partial charge < -0.3 is 14.3 Å². The van der Waals surface area contributed by atoms with E-state index in [4.69, 9.17) is 39.8 Å². The standard InChI is InChI=1S/C19H15Cl2NO4S2/c1-9(2)16(18(24)25)22-17(23)14(28-19(22)27)8-10-6-7-13(26-10)15-11(20)4-3-5-12(15)21/h3-9,16H,1-2H3,(H,24,25)/p-1/b14-8-/t16-/m1/s1. The van der Waals surface area contributed by atoms with E-state index in [1.807, 2.05) is 0 Å². The largest absolute Gasteiger partial charge is 0.548 e. The third-order valence-electron chi connectivity index (χ3n) is 4.08. The highest BCUT2D eigenvalue weighted by molar-refractivity contribution is 8.26. The van der Waals surface area contributed by atoms with Crippen molar-refractivity contribution < 1.29 is 19.1 Å². The van der Waals surface area contributed by atoms with Gasteiger partial charge >= 0.3 is 0 Å². The summed E-state index contributed by atoms with van der Waals surface area (Å²) in [6.45, 7) is 3.38. The number of nitrogens with zero attached hydrogens (tertiary/aromatic N) is 1. The Morgan fingerprint density at radius 1 is 1.25 bits per heavy atom. The monoisotopic (exact) mass is 454 g/mol. The number of carboxylic acid groups (broad SMARTS) is 1. The molecule has 3 rings (SSSR count). The van der Waals surface area contributed by atoms with Gasteiger partial charge in [-0.25, -0.2) is 0 Å². The Kier molecular flexibility index (Phi) is 6.19. The number of thioether (sulfide) groups is 1. The molecule has 1 aliphatic rings. The van der Waals surface area contributed by atoms with Crippen molar-refractivity contribution in [2.45, 2.75) is 19.9 Å². The van der Waals surface area contributed by atoms with E-state index in [-0.39, 0.29) is 15.1 Å². The van der Waals surface area contributed by atoms with E-state index in [1.165, 1.54) is 6.08 Å². The number of carboxylic acids is 1. The van der Waals surface area contributed by atoms with Gasteiger partial charge in [0.15, 0.2) is 0 Å². The summed E-state index contributed by atoms with van der Waals surface area (Å²) in [6.07, 6.45) is 1.51. The van der Waals surface area contributed by atoms with Gasteiger partial charge in [0.2, 0.25) is 0 Å². The molecule has 0 N–H and O–H groups in total. The molecule has 9 heteroatoms. The van der Waals surface area contributed by atoms with Gasteiger partial charge in [0.25, 0.3) is 5.91 Å². The third-order valence-corrected chi connectivity index (χ3v) is 6.04. The van der Waals surface area contributed by atoms with Crippen LogP contribution in [0, 0.1) is 5.92 Å². The number of furan rings is 1. The summed E-state index contributed by atoms with van der Waals surface area (Å²) in [5.74, 6) is -1.36. The van der Waals surface area contributed by atoms with E-state index in [0.717, 1.165) is 16.7 Å².